The SMILES string of the molecule is CC(C)NC(C#N)CN1CCC2C(CCCN2C)C1. The van der Waals surface area contributed by atoms with E-state index in [1.807, 2.05) is 0 Å². The molecule has 108 valence electrons. The van der Waals surface area contributed by atoms with Gasteiger partial charge in [-0.1, -0.05) is 0 Å². The van der Waals surface area contributed by atoms with Gasteiger partial charge in [-0.25, -0.2) is 0 Å². The predicted molar refractivity (Wildman–Crippen MR) is 77.9 cm³/mol. The van der Waals surface area contributed by atoms with Gasteiger partial charge in [-0.05, 0) is 59.2 Å². The molecule has 0 aliphatic carbocycles. The van der Waals surface area contributed by atoms with E-state index in [1.54, 1.807) is 0 Å². The first-order valence-corrected chi connectivity index (χ1v) is 7.68. The van der Waals surface area contributed by atoms with Crippen LogP contribution in [0.2, 0.25) is 0 Å². The van der Waals surface area contributed by atoms with Crippen LogP contribution in [0.15, 0.2) is 0 Å². The Morgan fingerprint density at radius 2 is 2.11 bits per heavy atom. The standard InChI is InChI=1S/C15H28N4/c1-12(2)17-14(9-16)11-19-8-6-15-13(10-19)5-4-7-18(15)3/h12-15,17H,4-8,10-11H2,1-3H3. The van der Waals surface area contributed by atoms with Gasteiger partial charge in [-0.15, -0.1) is 0 Å². The summed E-state index contributed by atoms with van der Waals surface area (Å²) in [7, 11) is 2.27. The normalized spacial score (nSPS) is 30.9. The number of rotatable bonds is 4. The fraction of sp³-hybridized carbons (Fsp3) is 0.933. The molecule has 2 heterocycles. The van der Waals surface area contributed by atoms with E-state index in [9.17, 15) is 5.26 Å². The van der Waals surface area contributed by atoms with Crippen LogP contribution < -0.4 is 5.32 Å². The Labute approximate surface area is 117 Å². The van der Waals surface area contributed by atoms with Gasteiger partial charge >= 0.3 is 0 Å². The van der Waals surface area contributed by atoms with Crippen molar-refractivity contribution in [2.45, 2.75) is 51.2 Å². The zero-order valence-electron chi connectivity index (χ0n) is 12.6. The minimum absolute atomic E-state index is 0.0297. The summed E-state index contributed by atoms with van der Waals surface area (Å²) in [4.78, 5) is 5.03. The summed E-state index contributed by atoms with van der Waals surface area (Å²) >= 11 is 0. The molecule has 19 heavy (non-hydrogen) atoms. The van der Waals surface area contributed by atoms with Crippen molar-refractivity contribution in [1.29, 1.82) is 5.26 Å². The van der Waals surface area contributed by atoms with Gasteiger partial charge in [0.25, 0.3) is 0 Å². The number of nitrogens with one attached hydrogen (secondary N) is 1. The minimum atomic E-state index is -0.0297. The average Bonchev–Trinajstić information content (AvgIpc) is 2.37. The van der Waals surface area contributed by atoms with Crippen molar-refractivity contribution in [3.8, 4) is 6.07 Å². The maximum atomic E-state index is 9.23. The molecule has 0 aromatic heterocycles. The molecule has 0 spiro atoms. The first-order chi connectivity index (χ1) is 9.10. The molecule has 0 saturated carbocycles. The molecule has 1 N–H and O–H groups in total. The van der Waals surface area contributed by atoms with Crippen LogP contribution in [-0.2, 0) is 0 Å². The van der Waals surface area contributed by atoms with Crippen molar-refractivity contribution in [3.63, 3.8) is 0 Å². The second-order valence-electron chi connectivity index (χ2n) is 6.50. The zero-order chi connectivity index (χ0) is 13.8. The van der Waals surface area contributed by atoms with Crippen LogP contribution >= 0.6 is 0 Å². The van der Waals surface area contributed by atoms with E-state index in [1.165, 1.54) is 32.4 Å². The first kappa shape index (κ1) is 14.8. The molecule has 2 saturated heterocycles. The van der Waals surface area contributed by atoms with Gasteiger partial charge in [-0.3, -0.25) is 5.32 Å². The van der Waals surface area contributed by atoms with Crippen LogP contribution in [0.5, 0.6) is 0 Å². The Morgan fingerprint density at radius 3 is 2.79 bits per heavy atom. The Morgan fingerprint density at radius 1 is 1.32 bits per heavy atom. The smallest absolute Gasteiger partial charge is 0.108 e. The van der Waals surface area contributed by atoms with Crippen molar-refractivity contribution in [1.82, 2.24) is 15.1 Å². The summed E-state index contributed by atoms with van der Waals surface area (Å²) in [6.07, 6.45) is 3.96. The second kappa shape index (κ2) is 6.69. The van der Waals surface area contributed by atoms with Crippen molar-refractivity contribution in [3.05, 3.63) is 0 Å². The lowest BCUT2D eigenvalue weighted by Gasteiger charge is -2.46. The van der Waals surface area contributed by atoms with E-state index in [4.69, 9.17) is 0 Å². The third kappa shape index (κ3) is 3.92. The summed E-state index contributed by atoms with van der Waals surface area (Å²) < 4.78 is 0. The average molecular weight is 264 g/mol. The van der Waals surface area contributed by atoms with E-state index < -0.39 is 0 Å². The second-order valence-corrected chi connectivity index (χ2v) is 6.50. The quantitative estimate of drug-likeness (QED) is 0.831. The summed E-state index contributed by atoms with van der Waals surface area (Å²) in [5.41, 5.74) is 0. The van der Waals surface area contributed by atoms with Gasteiger partial charge in [0.2, 0.25) is 0 Å². The number of nitrogens with zero attached hydrogens (tertiary/aromatic N) is 3. The van der Waals surface area contributed by atoms with Gasteiger partial charge in [0, 0.05) is 25.2 Å². The highest BCUT2D eigenvalue weighted by atomic mass is 15.2. The Balaban J connectivity index is 1.85. The van der Waals surface area contributed by atoms with Crippen molar-refractivity contribution in [2.24, 2.45) is 5.92 Å². The third-order valence-electron chi connectivity index (χ3n) is 4.56. The van der Waals surface area contributed by atoms with Gasteiger partial charge in [0.05, 0.1) is 6.07 Å². The lowest BCUT2D eigenvalue weighted by molar-refractivity contribution is 0.0367. The number of hydrogen-bond donors (Lipinski definition) is 1. The van der Waals surface area contributed by atoms with Crippen LogP contribution in [0, 0.1) is 17.2 Å². The van der Waals surface area contributed by atoms with E-state index >= 15 is 0 Å². The minimum Gasteiger partial charge on any atom is -0.303 e. The zero-order valence-corrected chi connectivity index (χ0v) is 12.6. The fourth-order valence-electron chi connectivity index (χ4n) is 3.68. The molecule has 0 aromatic rings. The van der Waals surface area contributed by atoms with Crippen molar-refractivity contribution in [2.75, 3.05) is 33.2 Å². The number of fused-ring (bicyclic) bond motifs is 1. The van der Waals surface area contributed by atoms with E-state index in [0.29, 0.717) is 6.04 Å². The van der Waals surface area contributed by atoms with Crippen LogP contribution in [0.1, 0.15) is 33.1 Å². The lowest BCUT2D eigenvalue weighted by Crippen LogP contribution is -2.54. The Hall–Kier alpha value is -0.630. The summed E-state index contributed by atoms with van der Waals surface area (Å²) in [6, 6.07) is 3.53. The maximum Gasteiger partial charge on any atom is 0.108 e. The molecule has 3 unspecified atom stereocenters. The van der Waals surface area contributed by atoms with E-state index in [0.717, 1.165) is 25.0 Å². The van der Waals surface area contributed by atoms with Crippen molar-refractivity contribution >= 4 is 0 Å². The summed E-state index contributed by atoms with van der Waals surface area (Å²) in [5.74, 6) is 0.811. The number of piperidine rings is 2. The van der Waals surface area contributed by atoms with E-state index in [2.05, 4.69) is 42.1 Å². The summed E-state index contributed by atoms with van der Waals surface area (Å²) in [6.45, 7) is 8.66. The molecule has 0 radical (unpaired) electrons. The molecule has 2 fully saturated rings. The van der Waals surface area contributed by atoms with Crippen molar-refractivity contribution < 1.29 is 0 Å². The molecule has 3 atom stereocenters. The molecule has 0 aromatic carbocycles. The Kier molecular flexibility index (Phi) is 5.20. The highest BCUT2D eigenvalue weighted by Crippen LogP contribution is 2.29. The molecule has 0 amide bonds. The molecular formula is C15H28N4. The molecule has 2 aliphatic rings. The lowest BCUT2D eigenvalue weighted by atomic mass is 9.84. The molecule has 2 aliphatic heterocycles. The fourth-order valence-corrected chi connectivity index (χ4v) is 3.68. The molecular weight excluding hydrogens is 236 g/mol. The highest BCUT2D eigenvalue weighted by Gasteiger charge is 2.34. The third-order valence-corrected chi connectivity index (χ3v) is 4.56. The maximum absolute atomic E-state index is 9.23. The van der Waals surface area contributed by atoms with Crippen LogP contribution in [-0.4, -0.2) is 61.2 Å². The Bertz CT molecular complexity index is 323. The number of hydrogen-bond acceptors (Lipinski definition) is 4. The number of likely N-dealkylation sites (tertiary alicyclic amines) is 2. The first-order valence-electron chi connectivity index (χ1n) is 7.68. The van der Waals surface area contributed by atoms with Gasteiger partial charge in [0.15, 0.2) is 0 Å². The molecule has 4 heteroatoms. The van der Waals surface area contributed by atoms with Crippen LogP contribution in [0.3, 0.4) is 0 Å². The monoisotopic (exact) mass is 264 g/mol. The van der Waals surface area contributed by atoms with Crippen LogP contribution in [0.25, 0.3) is 0 Å². The number of nitriles is 1. The van der Waals surface area contributed by atoms with Gasteiger partial charge in [-0.2, -0.15) is 5.26 Å². The topological polar surface area (TPSA) is 42.3 Å². The molecule has 2 rings (SSSR count). The largest absolute Gasteiger partial charge is 0.303 e. The van der Waals surface area contributed by atoms with Gasteiger partial charge in [0.1, 0.15) is 6.04 Å². The van der Waals surface area contributed by atoms with E-state index in [-0.39, 0.29) is 6.04 Å². The molecule has 4 nitrogen and oxygen atoms in total. The van der Waals surface area contributed by atoms with Crippen LogP contribution in [0.4, 0.5) is 0 Å². The predicted octanol–water partition coefficient (Wildman–Crippen LogP) is 1.29. The summed E-state index contributed by atoms with van der Waals surface area (Å²) in [5, 5.41) is 12.6. The molecule has 0 bridgehead atoms. The highest BCUT2D eigenvalue weighted by molar-refractivity contribution is 4.96. The van der Waals surface area contributed by atoms with Gasteiger partial charge < -0.3 is 9.80 Å².